The summed E-state index contributed by atoms with van der Waals surface area (Å²) in [6, 6.07) is -0.0122. The smallest absolute Gasteiger partial charge is 0.316 e. The van der Waals surface area contributed by atoms with E-state index in [1.165, 1.54) is 44.9 Å². The summed E-state index contributed by atoms with van der Waals surface area (Å²) in [4.78, 5) is 12.6. The Morgan fingerprint density at radius 2 is 1.45 bits per heavy atom. The minimum atomic E-state index is -0.398. The Labute approximate surface area is 134 Å². The van der Waals surface area contributed by atoms with Gasteiger partial charge in [0.1, 0.15) is 5.54 Å². The predicted octanol–water partition coefficient (Wildman–Crippen LogP) is 3.59. The fourth-order valence-corrected chi connectivity index (χ4v) is 6.21. The van der Waals surface area contributed by atoms with E-state index in [9.17, 15) is 4.79 Å². The number of carbonyl (C=O) groups excluding carboxylic acids is 1. The van der Waals surface area contributed by atoms with Crippen molar-refractivity contribution in [3.05, 3.63) is 0 Å². The molecule has 5 aliphatic rings. The van der Waals surface area contributed by atoms with Crippen LogP contribution in [0.2, 0.25) is 0 Å². The van der Waals surface area contributed by atoms with Crippen molar-refractivity contribution in [3.63, 3.8) is 0 Å². The highest BCUT2D eigenvalue weighted by Crippen LogP contribution is 2.55. The summed E-state index contributed by atoms with van der Waals surface area (Å²) in [5.74, 6) is 5.43. The van der Waals surface area contributed by atoms with Gasteiger partial charge in [-0.3, -0.25) is 0 Å². The Balaban J connectivity index is 1.43. The van der Waals surface area contributed by atoms with Gasteiger partial charge in [-0.25, -0.2) is 4.79 Å². The van der Waals surface area contributed by atoms with Crippen LogP contribution >= 0.6 is 0 Å². The average Bonchev–Trinajstić information content (AvgIpc) is 2.46. The van der Waals surface area contributed by atoms with Crippen LogP contribution in [0, 0.1) is 30.1 Å². The predicted molar refractivity (Wildman–Crippen MR) is 87.2 cm³/mol. The number of urea groups is 1. The van der Waals surface area contributed by atoms with E-state index in [0.29, 0.717) is 0 Å². The second-order valence-electron chi connectivity index (χ2n) is 8.56. The molecule has 2 amide bonds. The molecule has 0 unspecified atom stereocenters. The summed E-state index contributed by atoms with van der Waals surface area (Å²) in [6.07, 6.45) is 18.9. The maximum atomic E-state index is 12.6. The molecule has 4 bridgehead atoms. The highest BCUT2D eigenvalue weighted by atomic mass is 16.2. The van der Waals surface area contributed by atoms with Crippen molar-refractivity contribution < 1.29 is 4.79 Å². The van der Waals surface area contributed by atoms with Crippen molar-refractivity contribution in [1.82, 2.24) is 10.6 Å². The molecule has 0 spiro atoms. The van der Waals surface area contributed by atoms with Crippen LogP contribution in [-0.4, -0.2) is 17.1 Å². The van der Waals surface area contributed by atoms with Gasteiger partial charge in [-0.15, -0.1) is 6.42 Å². The molecule has 0 atom stereocenters. The van der Waals surface area contributed by atoms with Crippen molar-refractivity contribution in [2.75, 3.05) is 0 Å². The fraction of sp³-hybridized carbons (Fsp3) is 0.842. The third-order valence-electron chi connectivity index (χ3n) is 6.75. The first kappa shape index (κ1) is 14.4. The molecule has 5 fully saturated rings. The first-order chi connectivity index (χ1) is 10.6. The second kappa shape index (κ2) is 5.18. The lowest BCUT2D eigenvalue weighted by atomic mass is 9.53. The summed E-state index contributed by atoms with van der Waals surface area (Å²) < 4.78 is 0. The minimum Gasteiger partial charge on any atom is -0.333 e. The molecule has 0 aromatic heterocycles. The first-order valence-corrected chi connectivity index (χ1v) is 9.18. The van der Waals surface area contributed by atoms with Gasteiger partial charge in [0.15, 0.2) is 0 Å². The SMILES string of the molecule is C#CC1(NC(=O)NC23CC4CC(CC(C4)C2)C3)CCCCC1. The van der Waals surface area contributed by atoms with E-state index in [0.717, 1.165) is 43.4 Å². The molecule has 22 heavy (non-hydrogen) atoms. The fourth-order valence-electron chi connectivity index (χ4n) is 6.21. The summed E-state index contributed by atoms with van der Waals surface area (Å²) in [5.41, 5.74) is -0.325. The van der Waals surface area contributed by atoms with Gasteiger partial charge >= 0.3 is 6.03 Å². The maximum Gasteiger partial charge on any atom is 0.316 e. The third-order valence-corrected chi connectivity index (χ3v) is 6.75. The van der Waals surface area contributed by atoms with Crippen molar-refractivity contribution in [2.45, 2.75) is 81.7 Å². The van der Waals surface area contributed by atoms with E-state index in [1.807, 2.05) is 0 Å². The van der Waals surface area contributed by atoms with E-state index in [1.54, 1.807) is 0 Å². The molecule has 0 aliphatic heterocycles. The Hall–Kier alpha value is -1.17. The quantitative estimate of drug-likeness (QED) is 0.752. The zero-order chi connectivity index (χ0) is 15.2. The van der Waals surface area contributed by atoms with Crippen molar-refractivity contribution in [1.29, 1.82) is 0 Å². The number of terminal acetylenes is 1. The van der Waals surface area contributed by atoms with Crippen LogP contribution in [0.5, 0.6) is 0 Å². The number of hydrogen-bond acceptors (Lipinski definition) is 1. The van der Waals surface area contributed by atoms with Gasteiger partial charge in [0.05, 0.1) is 0 Å². The van der Waals surface area contributed by atoms with E-state index >= 15 is 0 Å². The van der Waals surface area contributed by atoms with Gasteiger partial charge in [0.2, 0.25) is 0 Å². The van der Waals surface area contributed by atoms with E-state index in [4.69, 9.17) is 6.42 Å². The molecule has 2 N–H and O–H groups in total. The lowest BCUT2D eigenvalue weighted by Crippen LogP contribution is -2.63. The Morgan fingerprint density at radius 3 is 1.95 bits per heavy atom. The van der Waals surface area contributed by atoms with Crippen molar-refractivity contribution >= 4 is 6.03 Å². The van der Waals surface area contributed by atoms with Gasteiger partial charge in [-0.2, -0.15) is 0 Å². The molecule has 3 heteroatoms. The van der Waals surface area contributed by atoms with E-state index in [2.05, 4.69) is 16.6 Å². The van der Waals surface area contributed by atoms with Gasteiger partial charge in [0.25, 0.3) is 0 Å². The molecule has 0 aromatic rings. The van der Waals surface area contributed by atoms with Crippen LogP contribution in [0.3, 0.4) is 0 Å². The minimum absolute atomic E-state index is 0.0122. The standard InChI is InChI=1S/C19H28N2O/c1-2-18(6-4-3-5-7-18)20-17(22)21-19-11-14-8-15(12-19)10-16(9-14)13-19/h1,14-16H,3-13H2,(H2,20,21,22). The number of amides is 2. The third kappa shape index (κ3) is 2.51. The number of nitrogens with one attached hydrogen (secondary N) is 2. The van der Waals surface area contributed by atoms with Gasteiger partial charge in [0, 0.05) is 5.54 Å². The first-order valence-electron chi connectivity index (χ1n) is 9.18. The number of hydrogen-bond donors (Lipinski definition) is 2. The summed E-state index contributed by atoms with van der Waals surface area (Å²) >= 11 is 0. The Kier molecular flexibility index (Phi) is 3.40. The van der Waals surface area contributed by atoms with Crippen molar-refractivity contribution in [3.8, 4) is 12.3 Å². The topological polar surface area (TPSA) is 41.1 Å². The number of carbonyl (C=O) groups is 1. The molecule has 0 aromatic carbocycles. The van der Waals surface area contributed by atoms with Crippen LogP contribution in [0.15, 0.2) is 0 Å². The summed E-state index contributed by atoms with van der Waals surface area (Å²) in [5, 5.41) is 6.56. The zero-order valence-electron chi connectivity index (χ0n) is 13.5. The Bertz CT molecular complexity index is 463. The van der Waals surface area contributed by atoms with Gasteiger partial charge in [-0.05, 0) is 69.1 Å². The molecule has 0 saturated heterocycles. The monoisotopic (exact) mass is 300 g/mol. The molecule has 120 valence electrons. The highest BCUT2D eigenvalue weighted by molar-refractivity contribution is 5.76. The second-order valence-corrected chi connectivity index (χ2v) is 8.56. The zero-order valence-corrected chi connectivity index (χ0v) is 13.5. The van der Waals surface area contributed by atoms with E-state index < -0.39 is 5.54 Å². The molecular weight excluding hydrogens is 272 g/mol. The molecule has 0 heterocycles. The maximum absolute atomic E-state index is 12.6. The van der Waals surface area contributed by atoms with E-state index in [-0.39, 0.29) is 11.6 Å². The summed E-state index contributed by atoms with van der Waals surface area (Å²) in [6.45, 7) is 0. The molecule has 0 radical (unpaired) electrons. The molecular formula is C19H28N2O. The Morgan fingerprint density at radius 1 is 0.909 bits per heavy atom. The van der Waals surface area contributed by atoms with Crippen LogP contribution in [0.4, 0.5) is 4.79 Å². The average molecular weight is 300 g/mol. The van der Waals surface area contributed by atoms with Crippen LogP contribution in [0.1, 0.15) is 70.6 Å². The molecule has 5 rings (SSSR count). The summed E-state index contributed by atoms with van der Waals surface area (Å²) in [7, 11) is 0. The molecule has 3 nitrogen and oxygen atoms in total. The lowest BCUT2D eigenvalue weighted by Gasteiger charge is -2.57. The van der Waals surface area contributed by atoms with Crippen LogP contribution < -0.4 is 10.6 Å². The molecule has 5 saturated carbocycles. The van der Waals surface area contributed by atoms with Crippen molar-refractivity contribution in [2.24, 2.45) is 17.8 Å². The largest absolute Gasteiger partial charge is 0.333 e. The highest BCUT2D eigenvalue weighted by Gasteiger charge is 2.51. The van der Waals surface area contributed by atoms with Gasteiger partial charge < -0.3 is 10.6 Å². The normalized spacial score (nSPS) is 41.7. The molecule has 5 aliphatic carbocycles. The van der Waals surface area contributed by atoms with Crippen LogP contribution in [-0.2, 0) is 0 Å². The van der Waals surface area contributed by atoms with Gasteiger partial charge in [-0.1, -0.05) is 25.2 Å². The lowest BCUT2D eigenvalue weighted by molar-refractivity contribution is -0.0139. The number of rotatable bonds is 2. The van der Waals surface area contributed by atoms with Crippen LogP contribution in [0.25, 0.3) is 0 Å².